The molecule has 1 atom stereocenters. The second-order valence-electron chi connectivity index (χ2n) is 8.13. The number of amides is 3. The number of aryl methyl sites for hydroxylation is 1. The van der Waals surface area contributed by atoms with Crippen molar-refractivity contribution in [2.75, 3.05) is 60.5 Å². The molecule has 3 rings (SSSR count). The Balaban J connectivity index is 1.63. The number of carbonyl (C=O) groups is 2. The van der Waals surface area contributed by atoms with Gasteiger partial charge in [-0.3, -0.25) is 9.69 Å². The van der Waals surface area contributed by atoms with Gasteiger partial charge < -0.3 is 23.9 Å². The average Bonchev–Trinajstić information content (AvgIpc) is 3.37. The van der Waals surface area contributed by atoms with Crippen LogP contribution in [0.25, 0.3) is 0 Å². The molecule has 2 fully saturated rings. The van der Waals surface area contributed by atoms with Gasteiger partial charge in [-0.15, -0.1) is 0 Å². The fraction of sp³-hybridized carbons (Fsp3) is 0.750. The first-order valence-corrected chi connectivity index (χ1v) is 10.3. The van der Waals surface area contributed by atoms with Crippen LogP contribution in [-0.2, 0) is 4.74 Å². The Morgan fingerprint density at radius 2 is 1.86 bits per heavy atom. The number of urea groups is 1. The Bertz CT molecular complexity index is 701. The highest BCUT2D eigenvalue weighted by atomic mass is 16.5. The molecule has 9 nitrogen and oxygen atoms in total. The summed E-state index contributed by atoms with van der Waals surface area (Å²) < 4.78 is 10.7. The summed E-state index contributed by atoms with van der Waals surface area (Å²) in [4.78, 5) is 36.8. The van der Waals surface area contributed by atoms with Gasteiger partial charge in [0, 0.05) is 79.5 Å². The Morgan fingerprint density at radius 1 is 1.14 bits per heavy atom. The summed E-state index contributed by atoms with van der Waals surface area (Å²) in [6.07, 6.45) is 4.33. The number of rotatable bonds is 6. The fourth-order valence-electron chi connectivity index (χ4n) is 4.17. The molecule has 1 unspecified atom stereocenters. The second-order valence-corrected chi connectivity index (χ2v) is 8.13. The number of carbonyl (C=O) groups excluding carboxylic acids is 2. The minimum Gasteiger partial charge on any atom is -0.448 e. The SMILES string of the molecule is Cc1nc(C(=O)N(C)CCN(C2CCOCC2)C2CCN(C(=O)N(C)C)C2)co1. The van der Waals surface area contributed by atoms with Crippen molar-refractivity contribution in [1.82, 2.24) is 24.6 Å². The minimum atomic E-state index is -0.135. The number of likely N-dealkylation sites (tertiary alicyclic amines) is 1. The molecule has 0 N–H and O–H groups in total. The topological polar surface area (TPSA) is 82.4 Å². The van der Waals surface area contributed by atoms with E-state index in [0.29, 0.717) is 30.2 Å². The molecule has 1 aromatic rings. The van der Waals surface area contributed by atoms with E-state index >= 15 is 0 Å². The smallest absolute Gasteiger partial charge is 0.319 e. The summed E-state index contributed by atoms with van der Waals surface area (Å²) in [6.45, 7) is 6.12. The second kappa shape index (κ2) is 9.58. The molecule has 0 spiro atoms. The van der Waals surface area contributed by atoms with Gasteiger partial charge in [-0.05, 0) is 19.3 Å². The highest BCUT2D eigenvalue weighted by molar-refractivity contribution is 5.91. The molecule has 0 aliphatic carbocycles. The molecule has 0 radical (unpaired) electrons. The van der Waals surface area contributed by atoms with Crippen molar-refractivity contribution < 1.29 is 18.7 Å². The molecular formula is C20H33N5O4. The monoisotopic (exact) mass is 407 g/mol. The van der Waals surface area contributed by atoms with E-state index < -0.39 is 0 Å². The van der Waals surface area contributed by atoms with Crippen molar-refractivity contribution in [3.05, 3.63) is 17.8 Å². The summed E-state index contributed by atoms with van der Waals surface area (Å²) in [5.41, 5.74) is 0.339. The van der Waals surface area contributed by atoms with E-state index in [0.717, 1.165) is 52.1 Å². The van der Waals surface area contributed by atoms with Crippen LogP contribution < -0.4 is 0 Å². The average molecular weight is 408 g/mol. The first kappa shape index (κ1) is 21.6. The van der Waals surface area contributed by atoms with Gasteiger partial charge in [0.1, 0.15) is 6.26 Å². The first-order valence-electron chi connectivity index (χ1n) is 10.3. The molecule has 3 amide bonds. The van der Waals surface area contributed by atoms with Gasteiger partial charge in [0.25, 0.3) is 5.91 Å². The van der Waals surface area contributed by atoms with Crippen LogP contribution in [0.2, 0.25) is 0 Å². The van der Waals surface area contributed by atoms with Crippen LogP contribution in [0.1, 0.15) is 35.6 Å². The lowest BCUT2D eigenvalue weighted by Gasteiger charge is -2.39. The van der Waals surface area contributed by atoms with E-state index in [1.807, 2.05) is 4.90 Å². The van der Waals surface area contributed by atoms with E-state index in [4.69, 9.17) is 9.15 Å². The zero-order chi connectivity index (χ0) is 21.0. The van der Waals surface area contributed by atoms with Gasteiger partial charge >= 0.3 is 6.03 Å². The van der Waals surface area contributed by atoms with Crippen molar-refractivity contribution in [1.29, 1.82) is 0 Å². The van der Waals surface area contributed by atoms with Crippen LogP contribution in [0.3, 0.4) is 0 Å². The zero-order valence-corrected chi connectivity index (χ0v) is 18.0. The maximum absolute atomic E-state index is 12.6. The Labute approximate surface area is 172 Å². The van der Waals surface area contributed by atoms with Crippen molar-refractivity contribution in [3.63, 3.8) is 0 Å². The van der Waals surface area contributed by atoms with Gasteiger partial charge in [0.2, 0.25) is 0 Å². The van der Waals surface area contributed by atoms with E-state index in [9.17, 15) is 9.59 Å². The lowest BCUT2D eigenvalue weighted by Crippen LogP contribution is -2.50. The van der Waals surface area contributed by atoms with E-state index in [1.165, 1.54) is 6.26 Å². The molecule has 2 aliphatic rings. The van der Waals surface area contributed by atoms with Gasteiger partial charge in [-0.25, -0.2) is 9.78 Å². The van der Waals surface area contributed by atoms with Crippen molar-refractivity contribution >= 4 is 11.9 Å². The number of hydrogen-bond acceptors (Lipinski definition) is 6. The summed E-state index contributed by atoms with van der Waals surface area (Å²) in [6, 6.07) is 0.786. The molecule has 2 aliphatic heterocycles. The highest BCUT2D eigenvalue weighted by Crippen LogP contribution is 2.24. The number of hydrogen-bond donors (Lipinski definition) is 0. The van der Waals surface area contributed by atoms with Gasteiger partial charge in [0.15, 0.2) is 11.6 Å². The molecule has 0 saturated carbocycles. The summed E-state index contributed by atoms with van der Waals surface area (Å²) in [7, 11) is 5.38. The van der Waals surface area contributed by atoms with Crippen LogP contribution in [-0.4, -0.2) is 109 Å². The quantitative estimate of drug-likeness (QED) is 0.707. The zero-order valence-electron chi connectivity index (χ0n) is 18.0. The van der Waals surface area contributed by atoms with Crippen LogP contribution in [0, 0.1) is 6.92 Å². The highest BCUT2D eigenvalue weighted by Gasteiger charge is 2.35. The van der Waals surface area contributed by atoms with Crippen molar-refractivity contribution in [2.24, 2.45) is 0 Å². The number of likely N-dealkylation sites (N-methyl/N-ethyl adjacent to an activating group) is 1. The molecule has 2 saturated heterocycles. The molecule has 3 heterocycles. The van der Waals surface area contributed by atoms with Crippen LogP contribution in [0.5, 0.6) is 0 Å². The van der Waals surface area contributed by atoms with Crippen LogP contribution in [0.15, 0.2) is 10.7 Å². The molecule has 0 aromatic carbocycles. The molecule has 9 heteroatoms. The Morgan fingerprint density at radius 3 is 2.48 bits per heavy atom. The first-order chi connectivity index (χ1) is 13.9. The van der Waals surface area contributed by atoms with Gasteiger partial charge in [-0.2, -0.15) is 0 Å². The Hall–Kier alpha value is -2.13. The molecule has 0 bridgehead atoms. The number of nitrogens with zero attached hydrogens (tertiary/aromatic N) is 5. The van der Waals surface area contributed by atoms with Crippen LogP contribution in [0.4, 0.5) is 4.79 Å². The lowest BCUT2D eigenvalue weighted by atomic mass is 10.0. The molecule has 162 valence electrons. The third-order valence-electron chi connectivity index (χ3n) is 5.82. The number of ether oxygens (including phenoxy) is 1. The fourth-order valence-corrected chi connectivity index (χ4v) is 4.17. The van der Waals surface area contributed by atoms with Crippen molar-refractivity contribution in [3.8, 4) is 0 Å². The minimum absolute atomic E-state index is 0.0631. The molecule has 29 heavy (non-hydrogen) atoms. The standard InChI is InChI=1S/C20H33N5O4/c1-15-21-18(14-29-15)19(26)23(4)9-10-25(16-6-11-28-12-7-16)17-5-8-24(13-17)20(27)22(2)3/h14,16-17H,5-13H2,1-4H3. The number of aromatic nitrogens is 1. The predicted molar refractivity (Wildman–Crippen MR) is 108 cm³/mol. The van der Waals surface area contributed by atoms with Crippen LogP contribution >= 0.6 is 0 Å². The molecule has 1 aromatic heterocycles. The maximum atomic E-state index is 12.6. The Kier molecular flexibility index (Phi) is 7.13. The van der Waals surface area contributed by atoms with E-state index in [2.05, 4.69) is 9.88 Å². The van der Waals surface area contributed by atoms with Gasteiger partial charge in [0.05, 0.1) is 0 Å². The molecular weight excluding hydrogens is 374 g/mol. The lowest BCUT2D eigenvalue weighted by molar-refractivity contribution is 0.0151. The number of oxazole rings is 1. The van der Waals surface area contributed by atoms with E-state index in [1.54, 1.807) is 37.9 Å². The predicted octanol–water partition coefficient (Wildman–Crippen LogP) is 1.29. The summed E-state index contributed by atoms with van der Waals surface area (Å²) in [5.74, 6) is 0.354. The third-order valence-corrected chi connectivity index (χ3v) is 5.82. The largest absolute Gasteiger partial charge is 0.448 e. The van der Waals surface area contributed by atoms with Crippen molar-refractivity contribution in [2.45, 2.75) is 38.3 Å². The maximum Gasteiger partial charge on any atom is 0.319 e. The van der Waals surface area contributed by atoms with Gasteiger partial charge in [-0.1, -0.05) is 0 Å². The third kappa shape index (κ3) is 5.27. The normalized spacial score (nSPS) is 20.3. The summed E-state index contributed by atoms with van der Waals surface area (Å²) >= 11 is 0. The summed E-state index contributed by atoms with van der Waals surface area (Å²) in [5, 5.41) is 0. The van der Waals surface area contributed by atoms with E-state index in [-0.39, 0.29) is 11.9 Å².